The second-order valence-electron chi connectivity index (χ2n) is 4.26. The van der Waals surface area contributed by atoms with Gasteiger partial charge in [0.25, 0.3) is 0 Å². The second kappa shape index (κ2) is 8.29. The van der Waals surface area contributed by atoms with E-state index in [1.54, 1.807) is 23.9 Å². The first-order valence-electron chi connectivity index (χ1n) is 6.49. The predicted octanol–water partition coefficient (Wildman–Crippen LogP) is 3.63. The lowest BCUT2D eigenvalue weighted by molar-refractivity contribution is 0.167. The molecule has 1 aromatic heterocycles. The molecule has 0 fully saturated rings. The van der Waals surface area contributed by atoms with Gasteiger partial charge in [0, 0.05) is 29.6 Å². The van der Waals surface area contributed by atoms with Crippen LogP contribution >= 0.6 is 23.5 Å². The molecule has 0 bridgehead atoms. The van der Waals surface area contributed by atoms with Crippen LogP contribution in [0.1, 0.15) is 0 Å². The lowest BCUT2D eigenvalue weighted by atomic mass is 10.3. The summed E-state index contributed by atoms with van der Waals surface area (Å²) >= 11 is 3.55. The highest BCUT2D eigenvalue weighted by Crippen LogP contribution is 2.20. The summed E-state index contributed by atoms with van der Waals surface area (Å²) in [5.41, 5.74) is 0. The molecule has 5 heteroatoms. The molecule has 0 atom stereocenters. The maximum absolute atomic E-state index is 9.19. The maximum atomic E-state index is 9.19. The summed E-state index contributed by atoms with van der Waals surface area (Å²) in [6.45, 7) is 1.52. The Morgan fingerprint density at radius 3 is 2.40 bits per heavy atom. The molecule has 1 heterocycles. The Morgan fingerprint density at radius 2 is 1.75 bits per heavy atom. The van der Waals surface area contributed by atoms with Crippen molar-refractivity contribution in [3.8, 4) is 5.75 Å². The summed E-state index contributed by atoms with van der Waals surface area (Å²) in [6, 6.07) is 11.4. The number of thioether (sulfide) groups is 2. The molecule has 2 rings (SSSR count). The molecule has 3 nitrogen and oxygen atoms in total. The van der Waals surface area contributed by atoms with Crippen molar-refractivity contribution in [1.29, 1.82) is 0 Å². The third-order valence-corrected chi connectivity index (χ3v) is 4.77. The summed E-state index contributed by atoms with van der Waals surface area (Å²) in [6.07, 6.45) is 2.05. The zero-order valence-electron chi connectivity index (χ0n) is 11.5. The van der Waals surface area contributed by atoms with Gasteiger partial charge in [-0.1, -0.05) is 0 Å². The fraction of sp³-hybridized carbons (Fsp3) is 0.333. The molecule has 0 amide bonds. The third-order valence-electron chi connectivity index (χ3n) is 2.71. The third kappa shape index (κ3) is 5.15. The maximum Gasteiger partial charge on any atom is 0.115 e. The molecule has 0 saturated carbocycles. The van der Waals surface area contributed by atoms with Gasteiger partial charge in [-0.25, -0.2) is 0 Å². The van der Waals surface area contributed by atoms with E-state index in [-0.39, 0.29) is 0 Å². The number of ether oxygens (including phenoxy) is 1. The first kappa shape index (κ1) is 15.4. The summed E-state index contributed by atoms with van der Waals surface area (Å²) in [5, 5.41) is 10.5. The van der Waals surface area contributed by atoms with E-state index in [2.05, 4.69) is 29.9 Å². The van der Waals surface area contributed by atoms with Crippen molar-refractivity contribution in [2.45, 2.75) is 9.92 Å². The normalized spacial score (nSPS) is 10.8. The van der Waals surface area contributed by atoms with Crippen LogP contribution in [-0.2, 0) is 11.8 Å². The van der Waals surface area contributed by atoms with E-state index in [0.29, 0.717) is 5.75 Å². The van der Waals surface area contributed by atoms with Gasteiger partial charge < -0.3 is 14.4 Å². The number of aromatic hydroxyl groups is 1. The lowest BCUT2D eigenvalue weighted by Gasteiger charge is -2.05. The Balaban J connectivity index is 1.52. The molecule has 1 aromatic carbocycles. The van der Waals surface area contributed by atoms with Crippen molar-refractivity contribution in [2.75, 3.05) is 24.7 Å². The number of hydrogen-bond donors (Lipinski definition) is 1. The van der Waals surface area contributed by atoms with Gasteiger partial charge in [0.15, 0.2) is 0 Å². The van der Waals surface area contributed by atoms with Crippen LogP contribution in [0.4, 0.5) is 0 Å². The molecule has 0 unspecified atom stereocenters. The van der Waals surface area contributed by atoms with E-state index >= 15 is 0 Å². The monoisotopic (exact) mass is 309 g/mol. The zero-order valence-corrected chi connectivity index (χ0v) is 13.1. The van der Waals surface area contributed by atoms with Crippen LogP contribution in [0.25, 0.3) is 0 Å². The molecule has 20 heavy (non-hydrogen) atoms. The van der Waals surface area contributed by atoms with Crippen LogP contribution in [0.2, 0.25) is 0 Å². The van der Waals surface area contributed by atoms with E-state index < -0.39 is 0 Å². The van der Waals surface area contributed by atoms with Gasteiger partial charge >= 0.3 is 0 Å². The lowest BCUT2D eigenvalue weighted by Crippen LogP contribution is -2.01. The molecule has 0 aliphatic heterocycles. The van der Waals surface area contributed by atoms with E-state index in [4.69, 9.17) is 4.74 Å². The number of benzene rings is 1. The number of hydrogen-bond acceptors (Lipinski definition) is 4. The van der Waals surface area contributed by atoms with Crippen LogP contribution < -0.4 is 0 Å². The molecule has 108 valence electrons. The van der Waals surface area contributed by atoms with E-state index in [0.717, 1.165) is 29.6 Å². The van der Waals surface area contributed by atoms with Crippen LogP contribution in [0.5, 0.6) is 5.75 Å². The van der Waals surface area contributed by atoms with Gasteiger partial charge in [0.1, 0.15) is 5.75 Å². The smallest absolute Gasteiger partial charge is 0.115 e. The quantitative estimate of drug-likeness (QED) is 0.596. The van der Waals surface area contributed by atoms with Gasteiger partial charge in [-0.2, -0.15) is 0 Å². The van der Waals surface area contributed by atoms with Crippen LogP contribution in [-0.4, -0.2) is 34.4 Å². The van der Waals surface area contributed by atoms with Gasteiger partial charge in [-0.05, 0) is 36.4 Å². The number of nitrogens with zero attached hydrogens (tertiary/aromatic N) is 1. The van der Waals surface area contributed by atoms with Crippen molar-refractivity contribution in [3.05, 3.63) is 42.6 Å². The number of rotatable bonds is 8. The fourth-order valence-corrected chi connectivity index (χ4v) is 3.28. The number of phenolic OH excluding ortho intramolecular Hbond substituents is 1. The van der Waals surface area contributed by atoms with E-state index in [9.17, 15) is 5.11 Å². The Bertz CT molecular complexity index is 511. The Hall–Kier alpha value is -1.04. The van der Waals surface area contributed by atoms with E-state index in [1.807, 2.05) is 23.9 Å². The summed E-state index contributed by atoms with van der Waals surface area (Å²) in [4.78, 5) is 1.16. The summed E-state index contributed by atoms with van der Waals surface area (Å²) in [5.74, 6) is 2.21. The number of aryl methyl sites for hydroxylation is 1. The minimum absolute atomic E-state index is 0.309. The SMILES string of the molecule is Cn1cccc1SCCOCCSc1ccc(O)cc1. The number of aromatic nitrogens is 1. The minimum atomic E-state index is 0.309. The molecular weight excluding hydrogens is 290 g/mol. The highest BCUT2D eigenvalue weighted by atomic mass is 32.2. The Morgan fingerprint density at radius 1 is 1.05 bits per heavy atom. The van der Waals surface area contributed by atoms with Crippen LogP contribution in [0.3, 0.4) is 0 Å². The van der Waals surface area contributed by atoms with Crippen LogP contribution in [0.15, 0.2) is 52.5 Å². The average molecular weight is 309 g/mol. The van der Waals surface area contributed by atoms with E-state index in [1.165, 1.54) is 5.03 Å². The first-order chi connectivity index (χ1) is 9.75. The first-order valence-corrected chi connectivity index (χ1v) is 8.46. The fourth-order valence-electron chi connectivity index (χ4n) is 1.66. The minimum Gasteiger partial charge on any atom is -0.508 e. The summed E-state index contributed by atoms with van der Waals surface area (Å²) in [7, 11) is 2.05. The summed E-state index contributed by atoms with van der Waals surface area (Å²) < 4.78 is 7.73. The average Bonchev–Trinajstić information content (AvgIpc) is 2.85. The van der Waals surface area contributed by atoms with Gasteiger partial charge in [0.2, 0.25) is 0 Å². The van der Waals surface area contributed by atoms with Crippen molar-refractivity contribution >= 4 is 23.5 Å². The largest absolute Gasteiger partial charge is 0.508 e. The second-order valence-corrected chi connectivity index (χ2v) is 6.54. The van der Waals surface area contributed by atoms with Crippen LogP contribution in [0, 0.1) is 0 Å². The van der Waals surface area contributed by atoms with Crippen molar-refractivity contribution < 1.29 is 9.84 Å². The van der Waals surface area contributed by atoms with Gasteiger partial charge in [0.05, 0.1) is 18.2 Å². The molecule has 0 saturated heterocycles. The molecule has 0 radical (unpaired) electrons. The molecule has 0 spiro atoms. The highest BCUT2D eigenvalue weighted by Gasteiger charge is 1.98. The molecule has 0 aliphatic carbocycles. The van der Waals surface area contributed by atoms with Gasteiger partial charge in [-0.15, -0.1) is 23.5 Å². The Labute approximate surface area is 128 Å². The molecule has 2 aromatic rings. The standard InChI is InChI=1S/C15H19NO2S2/c1-16-8-2-3-15(16)20-12-10-18-9-11-19-14-6-4-13(17)5-7-14/h2-8,17H,9-12H2,1H3. The van der Waals surface area contributed by atoms with Crippen molar-refractivity contribution in [1.82, 2.24) is 4.57 Å². The zero-order chi connectivity index (χ0) is 14.2. The van der Waals surface area contributed by atoms with Crippen molar-refractivity contribution in [2.24, 2.45) is 7.05 Å². The molecular formula is C15H19NO2S2. The van der Waals surface area contributed by atoms with Gasteiger partial charge in [-0.3, -0.25) is 0 Å². The highest BCUT2D eigenvalue weighted by molar-refractivity contribution is 7.99. The van der Waals surface area contributed by atoms with Crippen molar-refractivity contribution in [3.63, 3.8) is 0 Å². The molecule has 0 aliphatic rings. The predicted molar refractivity (Wildman–Crippen MR) is 85.8 cm³/mol. The number of phenols is 1. The topological polar surface area (TPSA) is 34.4 Å². The Kier molecular flexibility index (Phi) is 6.36. The molecule has 1 N–H and O–H groups in total.